The summed E-state index contributed by atoms with van der Waals surface area (Å²) in [7, 11) is 0. The lowest BCUT2D eigenvalue weighted by atomic mass is 10.1. The van der Waals surface area contributed by atoms with Crippen molar-refractivity contribution in [2.24, 2.45) is 0 Å². The van der Waals surface area contributed by atoms with Crippen LogP contribution in [0.25, 0.3) is 0 Å². The van der Waals surface area contributed by atoms with Crippen LogP contribution in [-0.2, 0) is 0 Å². The van der Waals surface area contributed by atoms with Gasteiger partial charge in [0.15, 0.2) is 6.61 Å². The lowest BCUT2D eigenvalue weighted by molar-refractivity contribution is -0.154. The fourth-order valence-corrected chi connectivity index (χ4v) is 2.00. The average molecular weight is 423 g/mol. The van der Waals surface area contributed by atoms with Crippen molar-refractivity contribution < 1.29 is 40.6 Å². The Hall–Kier alpha value is -3.05. The highest BCUT2D eigenvalue weighted by molar-refractivity contribution is 5.94. The molecular formula is C17H15F6N3O3. The number of amides is 1. The van der Waals surface area contributed by atoms with Gasteiger partial charge in [0.1, 0.15) is 5.75 Å². The highest BCUT2D eigenvalue weighted by atomic mass is 19.4. The highest BCUT2D eigenvalue weighted by Crippen LogP contribution is 2.19. The van der Waals surface area contributed by atoms with Crippen molar-refractivity contribution in [1.82, 2.24) is 15.3 Å². The zero-order valence-electron chi connectivity index (χ0n) is 14.8. The Kier molecular flexibility index (Phi) is 7.23. The molecule has 1 amide bonds. The minimum Gasteiger partial charge on any atom is -0.467 e. The Morgan fingerprint density at radius 3 is 2.28 bits per heavy atom. The topological polar surface area (TPSA) is 73.3 Å². The van der Waals surface area contributed by atoms with Crippen molar-refractivity contribution >= 4 is 5.91 Å². The van der Waals surface area contributed by atoms with Crippen LogP contribution in [0.1, 0.15) is 29.0 Å². The van der Waals surface area contributed by atoms with Gasteiger partial charge in [-0.05, 0) is 31.2 Å². The summed E-state index contributed by atoms with van der Waals surface area (Å²) in [6.07, 6.45) is -8.44. The van der Waals surface area contributed by atoms with Gasteiger partial charge in [0.25, 0.3) is 12.3 Å². The van der Waals surface area contributed by atoms with E-state index < -0.39 is 37.5 Å². The molecule has 2 atom stereocenters. The van der Waals surface area contributed by atoms with Crippen molar-refractivity contribution in [3.63, 3.8) is 0 Å². The first-order valence-electron chi connectivity index (χ1n) is 8.06. The van der Waals surface area contributed by atoms with E-state index in [1.807, 2.05) is 0 Å². The minimum absolute atomic E-state index is 0.134. The fourth-order valence-electron chi connectivity index (χ4n) is 2.00. The number of hydrogen-bond donors (Lipinski definition) is 1. The van der Waals surface area contributed by atoms with Crippen LogP contribution in [0, 0.1) is 0 Å². The molecule has 29 heavy (non-hydrogen) atoms. The maximum atomic E-state index is 12.8. The molecule has 2 rings (SSSR count). The second kappa shape index (κ2) is 9.43. The molecule has 158 valence electrons. The predicted octanol–water partition coefficient (Wildman–Crippen LogP) is 3.85. The number of carbonyl (C=O) groups excluding carboxylic acids is 1. The number of benzene rings is 1. The van der Waals surface area contributed by atoms with Gasteiger partial charge in [-0.3, -0.25) is 9.78 Å². The van der Waals surface area contributed by atoms with E-state index in [0.29, 0.717) is 0 Å². The number of halogens is 6. The maximum absolute atomic E-state index is 12.8. The molecule has 6 nitrogen and oxygen atoms in total. The summed E-state index contributed by atoms with van der Waals surface area (Å²) in [5, 5.41) is 2.57. The predicted molar refractivity (Wildman–Crippen MR) is 87.4 cm³/mol. The number of nitrogens with zero attached hydrogens (tertiary/aromatic N) is 2. The third-order valence-corrected chi connectivity index (χ3v) is 3.39. The minimum atomic E-state index is -4.51. The van der Waals surface area contributed by atoms with Crippen LogP contribution in [0.2, 0.25) is 0 Å². The number of alkyl halides is 6. The summed E-state index contributed by atoms with van der Waals surface area (Å²) in [4.78, 5) is 19.8. The summed E-state index contributed by atoms with van der Waals surface area (Å²) >= 11 is 0. The highest BCUT2D eigenvalue weighted by Gasteiger charge is 2.28. The standard InChI is InChI=1S/C17H15F6N3O3/c1-9(12-6-25-13(7-24-12)28-8-17(21,22)23)26-16(27)10-2-4-11(5-3-10)29-15(20)14(18)19/h2-7,9,14-15H,8H2,1H3,(H,26,27). The van der Waals surface area contributed by atoms with E-state index >= 15 is 0 Å². The normalized spacial score (nSPS) is 13.7. The van der Waals surface area contributed by atoms with Gasteiger partial charge in [-0.2, -0.15) is 17.6 Å². The molecule has 0 aliphatic carbocycles. The molecule has 0 saturated heterocycles. The van der Waals surface area contributed by atoms with Gasteiger partial charge in [-0.15, -0.1) is 0 Å². The summed E-state index contributed by atoms with van der Waals surface area (Å²) in [6.45, 7) is 0.0550. The van der Waals surface area contributed by atoms with Gasteiger partial charge in [0.2, 0.25) is 5.88 Å². The average Bonchev–Trinajstić information content (AvgIpc) is 2.66. The molecule has 1 aromatic heterocycles. The molecule has 0 radical (unpaired) electrons. The summed E-state index contributed by atoms with van der Waals surface area (Å²) < 4.78 is 82.2. The molecule has 2 aromatic rings. The van der Waals surface area contributed by atoms with Crippen molar-refractivity contribution in [3.05, 3.63) is 47.9 Å². The second-order valence-corrected chi connectivity index (χ2v) is 5.71. The van der Waals surface area contributed by atoms with Crippen molar-refractivity contribution in [2.45, 2.75) is 31.9 Å². The van der Waals surface area contributed by atoms with Crippen LogP contribution in [0.15, 0.2) is 36.7 Å². The third kappa shape index (κ3) is 7.12. The molecule has 1 N–H and O–H groups in total. The number of aromatic nitrogens is 2. The second-order valence-electron chi connectivity index (χ2n) is 5.71. The smallest absolute Gasteiger partial charge is 0.422 e. The quantitative estimate of drug-likeness (QED) is 0.653. The zero-order chi connectivity index (χ0) is 21.6. The first kappa shape index (κ1) is 22.2. The Labute approximate surface area is 160 Å². The van der Waals surface area contributed by atoms with Gasteiger partial charge in [0.05, 0.1) is 24.1 Å². The molecule has 2 unspecified atom stereocenters. The Balaban J connectivity index is 1.92. The van der Waals surface area contributed by atoms with E-state index in [0.717, 1.165) is 24.5 Å². The molecule has 0 spiro atoms. The molecule has 1 heterocycles. The number of hydrogen-bond acceptors (Lipinski definition) is 5. The molecular weight excluding hydrogens is 408 g/mol. The number of rotatable bonds is 8. The van der Waals surface area contributed by atoms with Crippen molar-refractivity contribution in [2.75, 3.05) is 6.61 Å². The lowest BCUT2D eigenvalue weighted by Gasteiger charge is -2.14. The van der Waals surface area contributed by atoms with E-state index in [1.54, 1.807) is 6.92 Å². The Bertz CT molecular complexity index is 800. The van der Waals surface area contributed by atoms with Crippen LogP contribution < -0.4 is 14.8 Å². The van der Waals surface area contributed by atoms with Crippen LogP contribution in [-0.4, -0.2) is 41.4 Å². The van der Waals surface area contributed by atoms with Gasteiger partial charge in [-0.25, -0.2) is 13.8 Å². The molecule has 0 aliphatic rings. The summed E-state index contributed by atoms with van der Waals surface area (Å²) in [5.74, 6) is -1.06. The van der Waals surface area contributed by atoms with Crippen LogP contribution >= 0.6 is 0 Å². The van der Waals surface area contributed by atoms with Crippen molar-refractivity contribution in [3.8, 4) is 11.6 Å². The number of ether oxygens (including phenoxy) is 2. The first-order valence-corrected chi connectivity index (χ1v) is 8.06. The van der Waals surface area contributed by atoms with Crippen molar-refractivity contribution in [1.29, 1.82) is 0 Å². The summed E-state index contributed by atoms with van der Waals surface area (Å²) in [5.41, 5.74) is 0.393. The molecule has 0 bridgehead atoms. The lowest BCUT2D eigenvalue weighted by Crippen LogP contribution is -2.27. The van der Waals surface area contributed by atoms with Crippen LogP contribution in [0.4, 0.5) is 26.3 Å². The molecule has 1 aromatic carbocycles. The van der Waals surface area contributed by atoms with Gasteiger partial charge >= 0.3 is 12.6 Å². The first-order chi connectivity index (χ1) is 13.5. The number of carbonyl (C=O) groups is 1. The molecule has 0 saturated carbocycles. The molecule has 0 aliphatic heterocycles. The maximum Gasteiger partial charge on any atom is 0.422 e. The number of nitrogens with one attached hydrogen (secondary N) is 1. The Morgan fingerprint density at radius 2 is 1.76 bits per heavy atom. The van der Waals surface area contributed by atoms with Crippen LogP contribution in [0.3, 0.4) is 0 Å². The van der Waals surface area contributed by atoms with Gasteiger partial charge in [-0.1, -0.05) is 0 Å². The summed E-state index contributed by atoms with van der Waals surface area (Å²) in [6, 6.07) is 4.14. The van der Waals surface area contributed by atoms with E-state index in [-0.39, 0.29) is 22.9 Å². The van der Waals surface area contributed by atoms with E-state index in [2.05, 4.69) is 24.8 Å². The van der Waals surface area contributed by atoms with E-state index in [4.69, 9.17) is 0 Å². The fraction of sp³-hybridized carbons (Fsp3) is 0.353. The van der Waals surface area contributed by atoms with E-state index in [9.17, 15) is 31.1 Å². The third-order valence-electron chi connectivity index (χ3n) is 3.39. The largest absolute Gasteiger partial charge is 0.467 e. The van der Waals surface area contributed by atoms with E-state index in [1.165, 1.54) is 12.1 Å². The van der Waals surface area contributed by atoms with Crippen LogP contribution in [0.5, 0.6) is 11.6 Å². The molecule has 12 heteroatoms. The van der Waals surface area contributed by atoms with Gasteiger partial charge in [0, 0.05) is 5.56 Å². The van der Waals surface area contributed by atoms with Gasteiger partial charge < -0.3 is 14.8 Å². The molecule has 0 fully saturated rings. The Morgan fingerprint density at radius 1 is 1.10 bits per heavy atom. The monoisotopic (exact) mass is 423 g/mol. The zero-order valence-corrected chi connectivity index (χ0v) is 14.8. The SMILES string of the molecule is CC(NC(=O)c1ccc(OC(F)C(F)F)cc1)c1cnc(OCC(F)(F)F)cn1.